The molecule has 2 rings (SSSR count). The highest BCUT2D eigenvalue weighted by atomic mass is 16.6. The summed E-state index contributed by atoms with van der Waals surface area (Å²) < 4.78 is 5.25. The van der Waals surface area contributed by atoms with E-state index in [0.717, 1.165) is 5.56 Å². The summed E-state index contributed by atoms with van der Waals surface area (Å²) in [7, 11) is 0. The Labute approximate surface area is 282 Å². The van der Waals surface area contributed by atoms with Crippen molar-refractivity contribution in [3.63, 3.8) is 0 Å². The number of rotatable bonds is 15. The Bertz CT molecular complexity index is 1270. The normalized spacial score (nSPS) is 17.1. The molecule has 6 amide bonds. The van der Waals surface area contributed by atoms with E-state index in [9.17, 15) is 33.9 Å². The van der Waals surface area contributed by atoms with E-state index in [1.807, 2.05) is 32.0 Å². The van der Waals surface area contributed by atoms with Crippen LogP contribution in [-0.2, 0) is 35.1 Å². The van der Waals surface area contributed by atoms with Crippen molar-refractivity contribution in [1.29, 1.82) is 0 Å². The first kappa shape index (κ1) is 39.9. The maximum absolute atomic E-state index is 13.8. The van der Waals surface area contributed by atoms with E-state index < -0.39 is 84.0 Å². The summed E-state index contributed by atoms with van der Waals surface area (Å²) in [5.41, 5.74) is 2.06. The van der Waals surface area contributed by atoms with Gasteiger partial charge in [-0.25, -0.2) is 10.6 Å². The van der Waals surface area contributed by atoms with Crippen LogP contribution in [0, 0.1) is 11.8 Å². The number of nitrogens with one attached hydrogen (secondary N) is 5. The van der Waals surface area contributed by atoms with E-state index in [1.54, 1.807) is 46.8 Å². The van der Waals surface area contributed by atoms with Crippen LogP contribution in [0.4, 0.5) is 4.79 Å². The van der Waals surface area contributed by atoms with Gasteiger partial charge in [0, 0.05) is 13.0 Å². The lowest BCUT2D eigenvalue weighted by atomic mass is 10.00. The van der Waals surface area contributed by atoms with Crippen LogP contribution in [0.2, 0.25) is 0 Å². The standard InChI is InChI=1S/C33H53N7O8/c1-19(2)16-22(35-28(43)24(18-41)37-30(45)26(20(3)4)38-32(47)48-33(5,6)7)27(42)36-23(17-21-12-9-8-10-13-21)31(46)40-15-11-14-25(40)29(44)39-34/h8-10,12-13,19-20,22-26,41H,11,14-18,34H2,1-7H3,(H,35,43)(H,36,42)(H,37,45)(H,38,47)(H,39,44)/t22-,23+,24-,25-,26-/m0/s1. The molecule has 0 aromatic heterocycles. The fourth-order valence-corrected chi connectivity index (χ4v) is 5.32. The Kier molecular flexibility index (Phi) is 15.3. The Morgan fingerprint density at radius 2 is 1.48 bits per heavy atom. The molecule has 1 aromatic carbocycles. The lowest BCUT2D eigenvalue weighted by molar-refractivity contribution is -0.142. The highest BCUT2D eigenvalue weighted by Crippen LogP contribution is 2.20. The lowest BCUT2D eigenvalue weighted by Gasteiger charge is -2.30. The minimum absolute atomic E-state index is 0.0777. The fraction of sp³-hybridized carbons (Fsp3) is 0.636. The van der Waals surface area contributed by atoms with Crippen LogP contribution in [0.3, 0.4) is 0 Å². The predicted octanol–water partition coefficient (Wildman–Crippen LogP) is 0.252. The summed E-state index contributed by atoms with van der Waals surface area (Å²) in [6.07, 6.45) is 0.482. The molecule has 48 heavy (non-hydrogen) atoms. The number of alkyl carbamates (subject to hydrolysis) is 1. The summed E-state index contributed by atoms with van der Waals surface area (Å²) in [6.45, 7) is 11.6. The van der Waals surface area contributed by atoms with Crippen LogP contribution in [0.25, 0.3) is 0 Å². The Hall–Kier alpha value is -4.24. The Balaban J connectivity index is 2.25. The molecule has 1 heterocycles. The molecule has 1 aliphatic rings. The van der Waals surface area contributed by atoms with E-state index in [4.69, 9.17) is 10.6 Å². The fourth-order valence-electron chi connectivity index (χ4n) is 5.32. The molecular formula is C33H53N7O8. The Morgan fingerprint density at radius 3 is 2.02 bits per heavy atom. The van der Waals surface area contributed by atoms with Crippen LogP contribution < -0.4 is 32.5 Å². The molecule has 0 radical (unpaired) electrons. The van der Waals surface area contributed by atoms with Gasteiger partial charge in [-0.1, -0.05) is 58.0 Å². The van der Waals surface area contributed by atoms with Crippen molar-refractivity contribution in [3.8, 4) is 0 Å². The smallest absolute Gasteiger partial charge is 0.408 e. The molecule has 0 spiro atoms. The molecule has 0 aliphatic carbocycles. The number of benzene rings is 1. The first-order chi connectivity index (χ1) is 22.5. The van der Waals surface area contributed by atoms with Gasteiger partial charge in [-0.15, -0.1) is 0 Å². The molecule has 1 aliphatic heterocycles. The molecule has 15 nitrogen and oxygen atoms in total. The van der Waals surface area contributed by atoms with Crippen molar-refractivity contribution < 1.29 is 38.6 Å². The first-order valence-electron chi connectivity index (χ1n) is 16.3. The van der Waals surface area contributed by atoms with Crippen molar-refractivity contribution in [2.45, 2.75) is 110 Å². The second kappa shape index (κ2) is 18.3. The van der Waals surface area contributed by atoms with E-state index in [0.29, 0.717) is 19.4 Å². The largest absolute Gasteiger partial charge is 0.444 e. The third-order valence-corrected chi connectivity index (χ3v) is 7.66. The van der Waals surface area contributed by atoms with E-state index in [-0.39, 0.29) is 18.8 Å². The van der Waals surface area contributed by atoms with Gasteiger partial charge in [-0.2, -0.15) is 0 Å². The monoisotopic (exact) mass is 675 g/mol. The van der Waals surface area contributed by atoms with Crippen LogP contribution in [0.1, 0.15) is 73.3 Å². The third kappa shape index (κ3) is 12.4. The molecule has 15 heteroatoms. The SMILES string of the molecule is CC(C)C[C@H](NC(=O)[C@H](CO)NC(=O)[C@@H](NC(=O)OC(C)(C)C)C(C)C)C(=O)N[C@H](Cc1ccccc1)C(=O)N1CCC[C@H]1C(=O)NN. The second-order valence-corrected chi connectivity index (χ2v) is 13.8. The molecule has 1 aromatic rings. The average molecular weight is 676 g/mol. The molecule has 1 saturated heterocycles. The topological polar surface area (TPSA) is 221 Å². The van der Waals surface area contributed by atoms with Gasteiger partial charge in [0.2, 0.25) is 23.6 Å². The minimum atomic E-state index is -1.46. The van der Waals surface area contributed by atoms with Crippen molar-refractivity contribution in [2.24, 2.45) is 17.7 Å². The molecule has 268 valence electrons. The quantitative estimate of drug-likeness (QED) is 0.0768. The van der Waals surface area contributed by atoms with Gasteiger partial charge in [-0.05, 0) is 57.4 Å². The second-order valence-electron chi connectivity index (χ2n) is 13.8. The molecule has 8 N–H and O–H groups in total. The Morgan fingerprint density at radius 1 is 0.896 bits per heavy atom. The number of nitrogens with two attached hydrogens (primary N) is 1. The highest BCUT2D eigenvalue weighted by Gasteiger charge is 2.39. The molecule has 1 fully saturated rings. The van der Waals surface area contributed by atoms with Gasteiger partial charge in [-0.3, -0.25) is 29.4 Å². The lowest BCUT2D eigenvalue weighted by Crippen LogP contribution is -2.60. The number of carbonyl (C=O) groups excluding carboxylic acids is 6. The van der Waals surface area contributed by atoms with Crippen LogP contribution in [0.5, 0.6) is 0 Å². The number of aliphatic hydroxyl groups excluding tert-OH is 1. The van der Waals surface area contributed by atoms with Crippen molar-refractivity contribution in [2.75, 3.05) is 13.2 Å². The van der Waals surface area contributed by atoms with E-state index in [1.165, 1.54) is 4.90 Å². The number of hydrogen-bond donors (Lipinski definition) is 7. The number of aliphatic hydroxyl groups is 1. The summed E-state index contributed by atoms with van der Waals surface area (Å²) in [6, 6.07) is 3.51. The highest BCUT2D eigenvalue weighted by molar-refractivity contribution is 5.96. The minimum Gasteiger partial charge on any atom is -0.444 e. The van der Waals surface area contributed by atoms with Crippen LogP contribution in [-0.4, -0.2) is 94.6 Å². The maximum Gasteiger partial charge on any atom is 0.408 e. The molecule has 0 saturated carbocycles. The predicted molar refractivity (Wildman–Crippen MR) is 178 cm³/mol. The molecule has 0 bridgehead atoms. The number of ether oxygens (including phenoxy) is 1. The number of amides is 6. The van der Waals surface area contributed by atoms with Crippen molar-refractivity contribution >= 4 is 35.6 Å². The average Bonchev–Trinajstić information content (AvgIpc) is 3.50. The van der Waals surface area contributed by atoms with Crippen molar-refractivity contribution in [3.05, 3.63) is 35.9 Å². The zero-order valence-electron chi connectivity index (χ0n) is 29.0. The zero-order chi connectivity index (χ0) is 36.2. The van der Waals surface area contributed by atoms with Gasteiger partial charge in [0.25, 0.3) is 5.91 Å². The van der Waals surface area contributed by atoms with Crippen molar-refractivity contribution in [1.82, 2.24) is 31.6 Å². The third-order valence-electron chi connectivity index (χ3n) is 7.66. The molecule has 5 atom stereocenters. The van der Waals surface area contributed by atoms with E-state index in [2.05, 4.69) is 26.7 Å². The van der Waals surface area contributed by atoms with Crippen LogP contribution >= 0.6 is 0 Å². The number of hydrogen-bond acceptors (Lipinski definition) is 9. The van der Waals surface area contributed by atoms with Crippen LogP contribution in [0.15, 0.2) is 30.3 Å². The van der Waals surface area contributed by atoms with Gasteiger partial charge < -0.3 is 36.0 Å². The summed E-state index contributed by atoms with van der Waals surface area (Å²) in [5, 5.41) is 20.4. The van der Waals surface area contributed by atoms with E-state index >= 15 is 0 Å². The zero-order valence-corrected chi connectivity index (χ0v) is 29.0. The summed E-state index contributed by atoms with van der Waals surface area (Å²) in [4.78, 5) is 80.2. The summed E-state index contributed by atoms with van der Waals surface area (Å²) in [5.74, 6) is 1.68. The number of hydrazine groups is 1. The number of nitrogens with zero attached hydrogens (tertiary/aromatic N) is 1. The van der Waals surface area contributed by atoms with Gasteiger partial charge in [0.1, 0.15) is 35.8 Å². The summed E-state index contributed by atoms with van der Waals surface area (Å²) >= 11 is 0. The number of likely N-dealkylation sites (tertiary alicyclic amines) is 1. The van der Waals surface area contributed by atoms with Gasteiger partial charge in [0.05, 0.1) is 6.61 Å². The molecular weight excluding hydrogens is 622 g/mol. The van der Waals surface area contributed by atoms with Gasteiger partial charge in [0.15, 0.2) is 0 Å². The number of carbonyl (C=O) groups is 6. The first-order valence-corrected chi connectivity index (χ1v) is 16.3. The molecule has 0 unspecified atom stereocenters. The van der Waals surface area contributed by atoms with Gasteiger partial charge >= 0.3 is 6.09 Å². The maximum atomic E-state index is 13.8.